The predicted molar refractivity (Wildman–Crippen MR) is 66.9 cm³/mol. The minimum atomic E-state index is 0.697. The van der Waals surface area contributed by atoms with E-state index in [0.29, 0.717) is 6.54 Å². The smallest absolute Gasteiger partial charge is 0.125 e. The molecule has 0 fully saturated rings. The van der Waals surface area contributed by atoms with Crippen LogP contribution in [-0.4, -0.2) is 10.2 Å². The van der Waals surface area contributed by atoms with E-state index in [2.05, 4.69) is 21.6 Å². The highest BCUT2D eigenvalue weighted by Crippen LogP contribution is 2.18. The number of hydrogen-bond acceptors (Lipinski definition) is 3. The minimum Gasteiger partial charge on any atom is -0.467 e. The third-order valence-electron chi connectivity index (χ3n) is 2.86. The molecular weight excluding hydrogens is 214 g/mol. The summed E-state index contributed by atoms with van der Waals surface area (Å²) in [6.45, 7) is 2.74. The second kappa shape index (κ2) is 3.97. The highest BCUT2D eigenvalue weighted by molar-refractivity contribution is 5.81. The maximum absolute atomic E-state index is 5.38. The molecule has 0 aliphatic heterocycles. The average Bonchev–Trinajstić information content (AvgIpc) is 2.94. The number of benzene rings is 1. The molecule has 2 aromatic heterocycles. The van der Waals surface area contributed by atoms with Crippen LogP contribution in [0.4, 0.5) is 5.69 Å². The molecule has 0 saturated carbocycles. The summed E-state index contributed by atoms with van der Waals surface area (Å²) in [5, 5.41) is 11.4. The summed E-state index contributed by atoms with van der Waals surface area (Å²) < 4.78 is 5.38. The Bertz CT molecular complexity index is 639. The molecule has 2 N–H and O–H groups in total. The molecule has 2 heterocycles. The van der Waals surface area contributed by atoms with Crippen molar-refractivity contribution in [1.82, 2.24) is 10.2 Å². The summed E-state index contributed by atoms with van der Waals surface area (Å²) in [4.78, 5) is 0. The van der Waals surface area contributed by atoms with Crippen LogP contribution in [0.25, 0.3) is 10.9 Å². The third kappa shape index (κ3) is 1.89. The molecule has 17 heavy (non-hydrogen) atoms. The lowest BCUT2D eigenvalue weighted by Crippen LogP contribution is -1.99. The molecule has 86 valence electrons. The number of hydrogen-bond donors (Lipinski definition) is 2. The van der Waals surface area contributed by atoms with Crippen LogP contribution in [0.3, 0.4) is 0 Å². The number of fused-ring (bicyclic) bond motifs is 1. The summed E-state index contributed by atoms with van der Waals surface area (Å²) in [6, 6.07) is 8.08. The van der Waals surface area contributed by atoms with Crippen molar-refractivity contribution in [2.24, 2.45) is 0 Å². The van der Waals surface area contributed by atoms with Gasteiger partial charge in [0.1, 0.15) is 5.76 Å². The van der Waals surface area contributed by atoms with E-state index in [-0.39, 0.29) is 0 Å². The molecule has 0 aliphatic rings. The van der Waals surface area contributed by atoms with Crippen LogP contribution in [0.1, 0.15) is 11.3 Å². The Labute approximate surface area is 98.6 Å². The van der Waals surface area contributed by atoms with E-state index >= 15 is 0 Å². The van der Waals surface area contributed by atoms with Crippen LogP contribution in [0.2, 0.25) is 0 Å². The fourth-order valence-electron chi connectivity index (χ4n) is 1.82. The largest absolute Gasteiger partial charge is 0.467 e. The first-order valence-corrected chi connectivity index (χ1v) is 5.53. The highest BCUT2D eigenvalue weighted by atomic mass is 16.3. The second-order valence-corrected chi connectivity index (χ2v) is 4.05. The number of furan rings is 1. The molecule has 0 spiro atoms. The van der Waals surface area contributed by atoms with E-state index in [1.54, 1.807) is 6.26 Å². The Balaban J connectivity index is 1.78. The maximum atomic E-state index is 5.38. The molecule has 3 rings (SSSR count). The first-order chi connectivity index (χ1) is 8.33. The average molecular weight is 227 g/mol. The normalized spacial score (nSPS) is 10.9. The van der Waals surface area contributed by atoms with Gasteiger partial charge in [-0.15, -0.1) is 0 Å². The van der Waals surface area contributed by atoms with Gasteiger partial charge >= 0.3 is 0 Å². The van der Waals surface area contributed by atoms with Gasteiger partial charge in [0, 0.05) is 11.1 Å². The maximum Gasteiger partial charge on any atom is 0.125 e. The van der Waals surface area contributed by atoms with Crippen LogP contribution in [0, 0.1) is 6.92 Å². The fourth-order valence-corrected chi connectivity index (χ4v) is 1.82. The van der Waals surface area contributed by atoms with E-state index in [9.17, 15) is 0 Å². The van der Waals surface area contributed by atoms with Crippen LogP contribution in [0.15, 0.2) is 41.1 Å². The zero-order chi connectivity index (χ0) is 11.7. The van der Waals surface area contributed by atoms with Crippen molar-refractivity contribution in [3.8, 4) is 0 Å². The van der Waals surface area contributed by atoms with Crippen LogP contribution in [0.5, 0.6) is 0 Å². The van der Waals surface area contributed by atoms with Crippen LogP contribution < -0.4 is 5.32 Å². The van der Waals surface area contributed by atoms with Gasteiger partial charge < -0.3 is 9.73 Å². The number of aryl methyl sites for hydroxylation is 1. The molecule has 0 atom stereocenters. The molecule has 3 aromatic rings. The number of aromatic nitrogens is 2. The number of nitrogens with one attached hydrogen (secondary N) is 2. The molecule has 0 saturated heterocycles. The zero-order valence-corrected chi connectivity index (χ0v) is 9.53. The van der Waals surface area contributed by atoms with Crippen molar-refractivity contribution in [3.63, 3.8) is 0 Å². The van der Waals surface area contributed by atoms with Gasteiger partial charge in [-0.3, -0.25) is 5.10 Å². The van der Waals surface area contributed by atoms with Crippen LogP contribution in [-0.2, 0) is 6.54 Å². The monoisotopic (exact) mass is 227 g/mol. The summed E-state index contributed by atoms with van der Waals surface area (Å²) in [7, 11) is 0. The Hall–Kier alpha value is -2.23. The molecular formula is C13H13N3O. The number of H-pyrrole nitrogens is 1. The quantitative estimate of drug-likeness (QED) is 0.723. The summed E-state index contributed by atoms with van der Waals surface area (Å²) in [5.41, 5.74) is 3.28. The Morgan fingerprint density at radius 3 is 3.12 bits per heavy atom. The summed E-state index contributed by atoms with van der Waals surface area (Å²) in [5.74, 6) is 0.970. The van der Waals surface area contributed by atoms with Gasteiger partial charge in [-0.2, -0.15) is 5.10 Å². The lowest BCUT2D eigenvalue weighted by molar-refractivity contribution is 0.515. The molecule has 1 aromatic carbocycles. The van der Waals surface area contributed by atoms with Crippen molar-refractivity contribution in [2.75, 3.05) is 5.32 Å². The summed E-state index contributed by atoms with van der Waals surface area (Å²) in [6.07, 6.45) is 3.53. The number of nitrogens with zero attached hydrogens (tertiary/aromatic N) is 1. The minimum absolute atomic E-state index is 0.697. The van der Waals surface area contributed by atoms with Crippen molar-refractivity contribution in [2.45, 2.75) is 13.5 Å². The van der Waals surface area contributed by atoms with Crippen molar-refractivity contribution < 1.29 is 4.42 Å². The van der Waals surface area contributed by atoms with Gasteiger partial charge in [-0.05, 0) is 36.8 Å². The molecule has 0 radical (unpaired) electrons. The second-order valence-electron chi connectivity index (χ2n) is 4.05. The lowest BCUT2D eigenvalue weighted by Gasteiger charge is -2.05. The highest BCUT2D eigenvalue weighted by Gasteiger charge is 2.02. The molecule has 4 heteroatoms. The van der Waals surface area contributed by atoms with Crippen LogP contribution >= 0.6 is 0 Å². The molecule has 0 bridgehead atoms. The molecule has 0 amide bonds. The van der Waals surface area contributed by atoms with E-state index in [1.165, 1.54) is 5.56 Å². The number of rotatable bonds is 3. The van der Waals surface area contributed by atoms with Gasteiger partial charge in [0.15, 0.2) is 0 Å². The van der Waals surface area contributed by atoms with E-state index in [0.717, 1.165) is 22.4 Å². The van der Waals surface area contributed by atoms with E-state index in [1.807, 2.05) is 31.3 Å². The summed E-state index contributed by atoms with van der Waals surface area (Å²) >= 11 is 0. The fraction of sp³-hybridized carbons (Fsp3) is 0.154. The lowest BCUT2D eigenvalue weighted by atomic mass is 10.2. The van der Waals surface area contributed by atoms with E-state index in [4.69, 9.17) is 4.42 Å². The Morgan fingerprint density at radius 2 is 2.29 bits per heavy atom. The van der Waals surface area contributed by atoms with E-state index < -0.39 is 0 Å². The third-order valence-corrected chi connectivity index (χ3v) is 2.86. The number of aromatic amines is 1. The van der Waals surface area contributed by atoms with Gasteiger partial charge in [-0.1, -0.05) is 0 Å². The first kappa shape index (κ1) is 9.96. The predicted octanol–water partition coefficient (Wildman–Crippen LogP) is 3.08. The van der Waals surface area contributed by atoms with Crippen molar-refractivity contribution in [1.29, 1.82) is 0 Å². The Kier molecular flexibility index (Phi) is 2.33. The van der Waals surface area contributed by atoms with Gasteiger partial charge in [-0.25, -0.2) is 0 Å². The molecule has 4 nitrogen and oxygen atoms in total. The number of anilines is 1. The topological polar surface area (TPSA) is 53.9 Å². The van der Waals surface area contributed by atoms with Crippen molar-refractivity contribution in [3.05, 3.63) is 48.0 Å². The molecule has 0 unspecified atom stereocenters. The molecule has 0 aliphatic carbocycles. The van der Waals surface area contributed by atoms with Crippen molar-refractivity contribution >= 4 is 16.6 Å². The van der Waals surface area contributed by atoms with Gasteiger partial charge in [0.05, 0.1) is 24.5 Å². The zero-order valence-electron chi connectivity index (χ0n) is 9.53. The Morgan fingerprint density at radius 1 is 1.35 bits per heavy atom. The van der Waals surface area contributed by atoms with Gasteiger partial charge in [0.25, 0.3) is 0 Å². The van der Waals surface area contributed by atoms with Gasteiger partial charge in [0.2, 0.25) is 0 Å². The first-order valence-electron chi connectivity index (χ1n) is 5.53. The SMILES string of the molecule is Cc1ccoc1CNc1ccc2[nH]ncc2c1. The standard InChI is InChI=1S/C13H13N3O/c1-9-4-5-17-13(9)8-14-11-2-3-12-10(6-11)7-15-16-12/h2-7,14H,8H2,1H3,(H,15,16).